The monoisotopic (exact) mass is 225 g/mol. The van der Waals surface area contributed by atoms with E-state index in [9.17, 15) is 4.79 Å². The second-order valence-corrected chi connectivity index (χ2v) is 5.25. The van der Waals surface area contributed by atoms with Crippen LogP contribution in [0.1, 0.15) is 26.7 Å². The molecule has 4 nitrogen and oxygen atoms in total. The van der Waals surface area contributed by atoms with Crippen molar-refractivity contribution >= 4 is 6.03 Å². The third kappa shape index (κ3) is 2.67. The van der Waals surface area contributed by atoms with Gasteiger partial charge in [-0.3, -0.25) is 0 Å². The predicted octanol–water partition coefficient (Wildman–Crippen LogP) is 1.13. The first-order valence-corrected chi connectivity index (χ1v) is 6.44. The van der Waals surface area contributed by atoms with Crippen LogP contribution in [0.25, 0.3) is 0 Å². The summed E-state index contributed by atoms with van der Waals surface area (Å²) in [5, 5.41) is 3.36. The number of rotatable bonds is 0. The third-order valence-electron chi connectivity index (χ3n) is 3.69. The lowest BCUT2D eigenvalue weighted by atomic mass is 9.99. The minimum atomic E-state index is 0.250. The van der Waals surface area contributed by atoms with E-state index >= 15 is 0 Å². The highest BCUT2D eigenvalue weighted by molar-refractivity contribution is 5.74. The number of likely N-dealkylation sites (tertiary alicyclic amines) is 1. The summed E-state index contributed by atoms with van der Waals surface area (Å²) in [6.45, 7) is 8.93. The fraction of sp³-hybridized carbons (Fsp3) is 0.917. The van der Waals surface area contributed by atoms with Crippen LogP contribution in [0.2, 0.25) is 0 Å². The van der Waals surface area contributed by atoms with Gasteiger partial charge >= 0.3 is 6.03 Å². The van der Waals surface area contributed by atoms with Crippen molar-refractivity contribution in [2.45, 2.75) is 32.7 Å². The largest absolute Gasteiger partial charge is 0.325 e. The molecule has 0 unspecified atom stereocenters. The molecule has 2 aliphatic heterocycles. The van der Waals surface area contributed by atoms with Gasteiger partial charge in [0.15, 0.2) is 0 Å². The molecule has 0 radical (unpaired) electrons. The quantitative estimate of drug-likeness (QED) is 0.671. The van der Waals surface area contributed by atoms with Gasteiger partial charge in [-0.15, -0.1) is 0 Å². The molecule has 0 saturated carbocycles. The number of piperidine rings is 1. The van der Waals surface area contributed by atoms with Crippen LogP contribution in [0.15, 0.2) is 0 Å². The highest BCUT2D eigenvalue weighted by Crippen LogP contribution is 2.17. The Morgan fingerprint density at radius 1 is 1.12 bits per heavy atom. The van der Waals surface area contributed by atoms with E-state index in [2.05, 4.69) is 19.2 Å². The maximum atomic E-state index is 12.2. The van der Waals surface area contributed by atoms with Crippen LogP contribution in [0.3, 0.4) is 0 Å². The molecule has 0 aromatic rings. The summed E-state index contributed by atoms with van der Waals surface area (Å²) in [6, 6.07) is 0.682. The van der Waals surface area contributed by atoms with Crippen molar-refractivity contribution in [2.75, 3.05) is 32.7 Å². The number of urea groups is 1. The zero-order valence-corrected chi connectivity index (χ0v) is 10.4. The molecule has 0 aromatic carbocycles. The number of nitrogens with one attached hydrogen (secondary N) is 1. The molecular formula is C12H23N3O. The molecule has 0 bridgehead atoms. The Labute approximate surface area is 98.0 Å². The second-order valence-electron chi connectivity index (χ2n) is 5.25. The van der Waals surface area contributed by atoms with E-state index < -0.39 is 0 Å². The molecule has 4 heteroatoms. The molecular weight excluding hydrogens is 202 g/mol. The van der Waals surface area contributed by atoms with Gasteiger partial charge in [-0.05, 0) is 25.7 Å². The number of hydrogen-bond acceptors (Lipinski definition) is 2. The SMILES string of the molecule is CC1CCN(C(=O)N2CCN[C@@H](C)C2)CC1. The zero-order valence-electron chi connectivity index (χ0n) is 10.4. The van der Waals surface area contributed by atoms with Gasteiger partial charge in [-0.2, -0.15) is 0 Å². The Hall–Kier alpha value is -0.770. The highest BCUT2D eigenvalue weighted by Gasteiger charge is 2.27. The number of carbonyl (C=O) groups excluding carboxylic acids is 1. The first kappa shape index (κ1) is 11.7. The van der Waals surface area contributed by atoms with Crippen molar-refractivity contribution in [1.29, 1.82) is 0 Å². The van der Waals surface area contributed by atoms with Gasteiger partial charge in [0.25, 0.3) is 0 Å². The summed E-state index contributed by atoms with van der Waals surface area (Å²) < 4.78 is 0. The lowest BCUT2D eigenvalue weighted by Crippen LogP contribution is -2.55. The van der Waals surface area contributed by atoms with E-state index in [1.165, 1.54) is 0 Å². The highest BCUT2D eigenvalue weighted by atomic mass is 16.2. The van der Waals surface area contributed by atoms with E-state index in [1.807, 2.05) is 9.80 Å². The molecule has 0 aromatic heterocycles. The summed E-state index contributed by atoms with van der Waals surface area (Å²) in [7, 11) is 0. The number of nitrogens with zero attached hydrogens (tertiary/aromatic N) is 2. The van der Waals surface area contributed by atoms with E-state index in [4.69, 9.17) is 0 Å². The zero-order chi connectivity index (χ0) is 11.5. The maximum absolute atomic E-state index is 12.2. The molecule has 2 aliphatic rings. The Morgan fingerprint density at radius 3 is 2.44 bits per heavy atom. The second kappa shape index (κ2) is 5.04. The lowest BCUT2D eigenvalue weighted by molar-refractivity contribution is 0.123. The van der Waals surface area contributed by atoms with Crippen LogP contribution in [-0.4, -0.2) is 54.6 Å². The fourth-order valence-corrected chi connectivity index (χ4v) is 2.51. The van der Waals surface area contributed by atoms with Gasteiger partial charge < -0.3 is 15.1 Å². The fourth-order valence-electron chi connectivity index (χ4n) is 2.51. The normalized spacial score (nSPS) is 28.2. The predicted molar refractivity (Wildman–Crippen MR) is 64.4 cm³/mol. The van der Waals surface area contributed by atoms with E-state index in [0.717, 1.165) is 51.5 Å². The van der Waals surface area contributed by atoms with Crippen molar-refractivity contribution in [3.63, 3.8) is 0 Å². The number of carbonyl (C=O) groups is 1. The van der Waals surface area contributed by atoms with Gasteiger partial charge in [0, 0.05) is 38.8 Å². The minimum absolute atomic E-state index is 0.250. The van der Waals surface area contributed by atoms with E-state index in [1.54, 1.807) is 0 Å². The van der Waals surface area contributed by atoms with Gasteiger partial charge in [-0.25, -0.2) is 4.79 Å². The van der Waals surface area contributed by atoms with E-state index in [-0.39, 0.29) is 6.03 Å². The molecule has 0 aliphatic carbocycles. The molecule has 1 atom stereocenters. The number of piperazine rings is 1. The summed E-state index contributed by atoms with van der Waals surface area (Å²) in [4.78, 5) is 16.3. The molecule has 2 saturated heterocycles. The van der Waals surface area contributed by atoms with E-state index in [0.29, 0.717) is 6.04 Å². The van der Waals surface area contributed by atoms with Crippen molar-refractivity contribution in [2.24, 2.45) is 5.92 Å². The van der Waals surface area contributed by atoms with Gasteiger partial charge in [0.2, 0.25) is 0 Å². The van der Waals surface area contributed by atoms with Crippen molar-refractivity contribution in [1.82, 2.24) is 15.1 Å². The van der Waals surface area contributed by atoms with Crippen LogP contribution in [0.4, 0.5) is 4.79 Å². The standard InChI is InChI=1S/C12H23N3O/c1-10-3-6-14(7-4-10)12(16)15-8-5-13-11(2)9-15/h10-11,13H,3-9H2,1-2H3/t11-/m0/s1. The Morgan fingerprint density at radius 2 is 1.81 bits per heavy atom. The molecule has 0 spiro atoms. The summed E-state index contributed by atoms with van der Waals surface area (Å²) in [5.74, 6) is 0.783. The summed E-state index contributed by atoms with van der Waals surface area (Å²) >= 11 is 0. The smallest absolute Gasteiger partial charge is 0.320 e. The Bertz CT molecular complexity index is 249. The van der Waals surface area contributed by atoms with Crippen molar-refractivity contribution < 1.29 is 4.79 Å². The average molecular weight is 225 g/mol. The molecule has 2 heterocycles. The topological polar surface area (TPSA) is 35.6 Å². The molecule has 1 N–H and O–H groups in total. The Balaban J connectivity index is 1.86. The first-order valence-electron chi connectivity index (χ1n) is 6.44. The van der Waals surface area contributed by atoms with Crippen molar-refractivity contribution in [3.05, 3.63) is 0 Å². The average Bonchev–Trinajstić information content (AvgIpc) is 2.29. The molecule has 92 valence electrons. The van der Waals surface area contributed by atoms with Crippen LogP contribution in [0.5, 0.6) is 0 Å². The number of amides is 2. The minimum Gasteiger partial charge on any atom is -0.325 e. The van der Waals surface area contributed by atoms with Crippen LogP contribution in [0, 0.1) is 5.92 Å². The maximum Gasteiger partial charge on any atom is 0.320 e. The van der Waals surface area contributed by atoms with Gasteiger partial charge in [0.1, 0.15) is 0 Å². The van der Waals surface area contributed by atoms with Crippen LogP contribution in [-0.2, 0) is 0 Å². The summed E-state index contributed by atoms with van der Waals surface area (Å²) in [6.07, 6.45) is 2.32. The third-order valence-corrected chi connectivity index (χ3v) is 3.69. The van der Waals surface area contributed by atoms with Crippen LogP contribution < -0.4 is 5.32 Å². The lowest BCUT2D eigenvalue weighted by Gasteiger charge is -2.38. The van der Waals surface area contributed by atoms with Crippen molar-refractivity contribution in [3.8, 4) is 0 Å². The summed E-state index contributed by atoms with van der Waals surface area (Å²) in [5.41, 5.74) is 0. The molecule has 2 fully saturated rings. The first-order chi connectivity index (χ1) is 7.66. The van der Waals surface area contributed by atoms with Gasteiger partial charge in [0.05, 0.1) is 0 Å². The van der Waals surface area contributed by atoms with Gasteiger partial charge in [-0.1, -0.05) is 6.92 Å². The molecule has 16 heavy (non-hydrogen) atoms. The molecule has 2 rings (SSSR count). The molecule has 2 amide bonds. The Kier molecular flexibility index (Phi) is 3.69. The van der Waals surface area contributed by atoms with Crippen LogP contribution >= 0.6 is 0 Å². The number of hydrogen-bond donors (Lipinski definition) is 1.